The minimum absolute atomic E-state index is 0.108. The van der Waals surface area contributed by atoms with Crippen molar-refractivity contribution in [1.29, 1.82) is 0 Å². The van der Waals surface area contributed by atoms with Gasteiger partial charge >= 0.3 is 0 Å². The lowest BCUT2D eigenvalue weighted by atomic mass is 10.2. The van der Waals surface area contributed by atoms with Crippen LogP contribution in [0.25, 0.3) is 10.9 Å². The summed E-state index contributed by atoms with van der Waals surface area (Å²) in [4.78, 5) is 24.6. The molecule has 1 aliphatic heterocycles. The van der Waals surface area contributed by atoms with E-state index in [0.29, 0.717) is 18.5 Å². The Morgan fingerprint density at radius 1 is 1.06 bits per heavy atom. The number of nitrogens with zero attached hydrogens (tertiary/aromatic N) is 2. The zero-order valence-corrected chi connectivity index (χ0v) is 9.51. The first-order chi connectivity index (χ1) is 8.16. The number of hydrogen-bond acceptors (Lipinski definition) is 2. The smallest absolute Gasteiger partial charge is 0.234 e. The van der Waals surface area contributed by atoms with Crippen LogP contribution >= 0.6 is 0 Å². The van der Waals surface area contributed by atoms with E-state index in [1.165, 1.54) is 4.90 Å². The Hall–Kier alpha value is -2.10. The summed E-state index contributed by atoms with van der Waals surface area (Å²) in [6, 6.07) is 7.65. The first kappa shape index (κ1) is 10.1. The summed E-state index contributed by atoms with van der Waals surface area (Å²) in [5.74, 6) is -0.216. The van der Waals surface area contributed by atoms with Crippen LogP contribution in [0.1, 0.15) is 12.8 Å². The molecule has 1 aromatic heterocycles. The number of imide groups is 1. The monoisotopic (exact) mass is 228 g/mol. The van der Waals surface area contributed by atoms with Crippen LogP contribution in [0.15, 0.2) is 30.5 Å². The van der Waals surface area contributed by atoms with Crippen LogP contribution < -0.4 is 4.90 Å². The second-order valence-electron chi connectivity index (χ2n) is 4.29. The van der Waals surface area contributed by atoms with Crippen molar-refractivity contribution >= 4 is 28.4 Å². The third-order valence-electron chi connectivity index (χ3n) is 3.18. The second kappa shape index (κ2) is 3.45. The van der Waals surface area contributed by atoms with Crippen molar-refractivity contribution in [2.24, 2.45) is 7.05 Å². The van der Waals surface area contributed by atoms with Crippen LogP contribution in [-0.4, -0.2) is 16.4 Å². The quantitative estimate of drug-likeness (QED) is 0.699. The predicted octanol–water partition coefficient (Wildman–Crippen LogP) is 1.83. The van der Waals surface area contributed by atoms with Gasteiger partial charge in [-0.1, -0.05) is 6.07 Å². The van der Waals surface area contributed by atoms with Gasteiger partial charge in [0, 0.05) is 31.6 Å². The molecule has 2 aromatic rings. The second-order valence-corrected chi connectivity index (χ2v) is 4.29. The van der Waals surface area contributed by atoms with Gasteiger partial charge < -0.3 is 4.57 Å². The van der Waals surface area contributed by atoms with Crippen LogP contribution in [-0.2, 0) is 16.6 Å². The molecule has 1 aliphatic rings. The van der Waals surface area contributed by atoms with Crippen molar-refractivity contribution in [2.45, 2.75) is 12.8 Å². The van der Waals surface area contributed by atoms with Crippen molar-refractivity contribution in [2.75, 3.05) is 4.90 Å². The Kier molecular flexibility index (Phi) is 2.04. The van der Waals surface area contributed by atoms with Gasteiger partial charge in [-0.15, -0.1) is 0 Å². The Labute approximate surface area is 98.4 Å². The topological polar surface area (TPSA) is 42.3 Å². The third kappa shape index (κ3) is 1.45. The normalized spacial score (nSPS) is 16.2. The molecule has 86 valence electrons. The van der Waals surface area contributed by atoms with E-state index in [9.17, 15) is 9.59 Å². The number of fused-ring (bicyclic) bond motifs is 1. The minimum atomic E-state index is -0.108. The van der Waals surface area contributed by atoms with E-state index in [-0.39, 0.29) is 11.8 Å². The highest BCUT2D eigenvalue weighted by molar-refractivity contribution is 6.20. The average molecular weight is 228 g/mol. The van der Waals surface area contributed by atoms with Crippen molar-refractivity contribution in [3.05, 3.63) is 30.5 Å². The molecule has 1 aromatic carbocycles. The highest BCUT2D eigenvalue weighted by Gasteiger charge is 2.30. The standard InChI is InChI=1S/C13H12N2O2/c1-14-7-6-9-2-3-10(8-11(9)14)15-12(16)4-5-13(15)17/h2-3,6-8H,4-5H2,1H3. The maximum atomic E-state index is 11.6. The SMILES string of the molecule is Cn1ccc2ccc(N3C(=O)CCC3=O)cc21. The zero-order chi connectivity index (χ0) is 12.0. The van der Waals surface area contributed by atoms with E-state index >= 15 is 0 Å². The molecule has 1 fully saturated rings. The summed E-state index contributed by atoms with van der Waals surface area (Å²) in [5, 5.41) is 1.11. The molecule has 0 spiro atoms. The molecule has 4 nitrogen and oxygen atoms in total. The number of aromatic nitrogens is 1. The number of amides is 2. The summed E-state index contributed by atoms with van der Waals surface area (Å²) in [7, 11) is 1.94. The number of aryl methyl sites for hydroxylation is 1. The van der Waals surface area contributed by atoms with Crippen molar-refractivity contribution in [3.8, 4) is 0 Å². The van der Waals surface area contributed by atoms with Crippen LogP contribution in [0.4, 0.5) is 5.69 Å². The lowest BCUT2D eigenvalue weighted by Crippen LogP contribution is -2.28. The van der Waals surface area contributed by atoms with Gasteiger partial charge in [0.25, 0.3) is 0 Å². The summed E-state index contributed by atoms with van der Waals surface area (Å²) < 4.78 is 1.98. The Morgan fingerprint density at radius 3 is 2.47 bits per heavy atom. The molecule has 0 saturated carbocycles. The van der Waals surface area contributed by atoms with Gasteiger partial charge in [-0.25, -0.2) is 0 Å². The molecule has 0 atom stereocenters. The molecule has 2 amide bonds. The largest absolute Gasteiger partial charge is 0.350 e. The molecule has 0 radical (unpaired) electrons. The van der Waals surface area contributed by atoms with Crippen molar-refractivity contribution in [3.63, 3.8) is 0 Å². The number of carbonyl (C=O) groups excluding carboxylic acids is 2. The summed E-state index contributed by atoms with van der Waals surface area (Å²) in [6.45, 7) is 0. The van der Waals surface area contributed by atoms with Gasteiger partial charge in [0.05, 0.1) is 5.69 Å². The van der Waals surface area contributed by atoms with E-state index in [4.69, 9.17) is 0 Å². The lowest BCUT2D eigenvalue weighted by Gasteiger charge is -2.14. The summed E-state index contributed by atoms with van der Waals surface area (Å²) in [5.41, 5.74) is 1.70. The van der Waals surface area contributed by atoms with Gasteiger partial charge in [0.1, 0.15) is 0 Å². The molecule has 1 saturated heterocycles. The number of anilines is 1. The molecule has 17 heavy (non-hydrogen) atoms. The summed E-state index contributed by atoms with van der Waals surface area (Å²) >= 11 is 0. The van der Waals surface area contributed by atoms with E-state index in [2.05, 4.69) is 0 Å². The van der Waals surface area contributed by atoms with E-state index in [0.717, 1.165) is 10.9 Å². The lowest BCUT2D eigenvalue weighted by molar-refractivity contribution is -0.121. The van der Waals surface area contributed by atoms with Crippen LogP contribution in [0, 0.1) is 0 Å². The average Bonchev–Trinajstić information content (AvgIpc) is 2.84. The zero-order valence-electron chi connectivity index (χ0n) is 9.51. The van der Waals surface area contributed by atoms with Crippen LogP contribution in [0.5, 0.6) is 0 Å². The fourth-order valence-corrected chi connectivity index (χ4v) is 2.25. The third-order valence-corrected chi connectivity index (χ3v) is 3.18. The first-order valence-electron chi connectivity index (χ1n) is 5.58. The van der Waals surface area contributed by atoms with Crippen molar-refractivity contribution < 1.29 is 9.59 Å². The fourth-order valence-electron chi connectivity index (χ4n) is 2.25. The van der Waals surface area contributed by atoms with Crippen LogP contribution in [0.2, 0.25) is 0 Å². The molecule has 0 unspecified atom stereocenters. The van der Waals surface area contributed by atoms with Crippen LogP contribution in [0.3, 0.4) is 0 Å². The maximum Gasteiger partial charge on any atom is 0.234 e. The van der Waals surface area contributed by atoms with Crippen molar-refractivity contribution in [1.82, 2.24) is 4.57 Å². The van der Waals surface area contributed by atoms with Gasteiger partial charge in [0.15, 0.2) is 0 Å². The summed E-state index contributed by atoms with van der Waals surface area (Å²) in [6.07, 6.45) is 2.61. The van der Waals surface area contributed by atoms with Gasteiger partial charge in [-0.2, -0.15) is 0 Å². The molecular formula is C13H12N2O2. The molecule has 2 heterocycles. The van der Waals surface area contributed by atoms with Gasteiger partial charge in [-0.3, -0.25) is 14.5 Å². The van der Waals surface area contributed by atoms with E-state index in [1.54, 1.807) is 0 Å². The molecule has 4 heteroatoms. The fraction of sp³-hybridized carbons (Fsp3) is 0.231. The van der Waals surface area contributed by atoms with E-state index < -0.39 is 0 Å². The van der Waals surface area contributed by atoms with Gasteiger partial charge in [0.2, 0.25) is 11.8 Å². The first-order valence-corrected chi connectivity index (χ1v) is 5.58. The Morgan fingerprint density at radius 2 is 1.76 bits per heavy atom. The van der Waals surface area contributed by atoms with Gasteiger partial charge in [-0.05, 0) is 23.6 Å². The maximum absolute atomic E-state index is 11.6. The Balaban J connectivity index is 2.14. The highest BCUT2D eigenvalue weighted by atomic mass is 16.2. The van der Waals surface area contributed by atoms with E-state index in [1.807, 2.05) is 42.1 Å². The molecular weight excluding hydrogens is 216 g/mol. The number of rotatable bonds is 1. The molecule has 3 rings (SSSR count). The highest BCUT2D eigenvalue weighted by Crippen LogP contribution is 2.26. The number of benzene rings is 1. The molecule has 0 N–H and O–H groups in total. The number of hydrogen-bond donors (Lipinski definition) is 0. The minimum Gasteiger partial charge on any atom is -0.350 e. The predicted molar refractivity (Wildman–Crippen MR) is 64.6 cm³/mol. The molecule has 0 bridgehead atoms. The number of carbonyl (C=O) groups is 2. The Bertz CT molecular complexity index is 611. The molecule has 0 aliphatic carbocycles.